The van der Waals surface area contributed by atoms with E-state index in [1.807, 2.05) is 6.92 Å². The predicted molar refractivity (Wildman–Crippen MR) is 81.2 cm³/mol. The van der Waals surface area contributed by atoms with Crippen LogP contribution in [-0.2, 0) is 9.53 Å². The van der Waals surface area contributed by atoms with E-state index >= 15 is 0 Å². The van der Waals surface area contributed by atoms with Crippen molar-refractivity contribution in [2.24, 2.45) is 0 Å². The first-order valence-electron chi connectivity index (χ1n) is 6.90. The molecule has 0 atom stereocenters. The molecule has 0 unspecified atom stereocenters. The van der Waals surface area contributed by atoms with Crippen LogP contribution in [0.15, 0.2) is 12.3 Å². The van der Waals surface area contributed by atoms with Crippen molar-refractivity contribution in [3.05, 3.63) is 17.8 Å². The van der Waals surface area contributed by atoms with Gasteiger partial charge in [-0.25, -0.2) is 9.78 Å². The quantitative estimate of drug-likeness (QED) is 0.722. The fraction of sp³-hybridized carbons (Fsp3) is 0.500. The Kier molecular flexibility index (Phi) is 6.45. The zero-order chi connectivity index (χ0) is 15.8. The summed E-state index contributed by atoms with van der Waals surface area (Å²) in [7, 11) is 1.69. The number of hydrogen-bond donors (Lipinski definition) is 2. The van der Waals surface area contributed by atoms with Gasteiger partial charge in [0.15, 0.2) is 0 Å². The van der Waals surface area contributed by atoms with Crippen LogP contribution in [0.3, 0.4) is 0 Å². The van der Waals surface area contributed by atoms with Crippen molar-refractivity contribution < 1.29 is 14.3 Å². The molecule has 0 fully saturated rings. The number of ether oxygens (including phenoxy) is 1. The summed E-state index contributed by atoms with van der Waals surface area (Å²) in [4.78, 5) is 29.4. The van der Waals surface area contributed by atoms with Crippen molar-refractivity contribution >= 4 is 23.4 Å². The molecule has 1 rings (SSSR count). The predicted octanol–water partition coefficient (Wildman–Crippen LogP) is 0.803. The molecule has 1 heterocycles. The van der Waals surface area contributed by atoms with E-state index in [-0.39, 0.29) is 24.6 Å². The molecule has 0 aliphatic heterocycles. The highest BCUT2D eigenvalue weighted by Crippen LogP contribution is 2.19. The first kappa shape index (κ1) is 16.7. The van der Waals surface area contributed by atoms with Crippen LogP contribution in [0.5, 0.6) is 0 Å². The number of rotatable bonds is 7. The Morgan fingerprint density at radius 3 is 2.76 bits per heavy atom. The molecule has 0 saturated carbocycles. The monoisotopic (exact) mass is 294 g/mol. The van der Waals surface area contributed by atoms with Crippen molar-refractivity contribution in [1.82, 2.24) is 10.3 Å². The largest absolute Gasteiger partial charge is 0.462 e. The topological polar surface area (TPSA) is 97.5 Å². The first-order chi connectivity index (χ1) is 9.99. The highest BCUT2D eigenvalue weighted by Gasteiger charge is 2.19. The zero-order valence-corrected chi connectivity index (χ0v) is 12.7. The molecule has 21 heavy (non-hydrogen) atoms. The van der Waals surface area contributed by atoms with Gasteiger partial charge in [-0.3, -0.25) is 4.79 Å². The maximum absolute atomic E-state index is 11.9. The van der Waals surface area contributed by atoms with Gasteiger partial charge < -0.3 is 20.7 Å². The van der Waals surface area contributed by atoms with Gasteiger partial charge in [0.2, 0.25) is 5.91 Å². The standard InChI is InChI=1S/C14H22N4O3/c1-4-6-16-12(19)9-18(3)13-11(14(20)21-5-2)7-10(15)8-17-13/h7-8H,4-6,9,15H2,1-3H3,(H,16,19). The van der Waals surface area contributed by atoms with Crippen LogP contribution >= 0.6 is 0 Å². The van der Waals surface area contributed by atoms with E-state index in [1.165, 1.54) is 12.3 Å². The molecule has 1 amide bonds. The summed E-state index contributed by atoms with van der Waals surface area (Å²) in [6.07, 6.45) is 2.31. The number of pyridine rings is 1. The number of carbonyl (C=O) groups is 2. The Morgan fingerprint density at radius 2 is 2.14 bits per heavy atom. The van der Waals surface area contributed by atoms with Crippen LogP contribution in [0.2, 0.25) is 0 Å². The number of hydrogen-bond acceptors (Lipinski definition) is 6. The van der Waals surface area contributed by atoms with Gasteiger partial charge in [-0.15, -0.1) is 0 Å². The maximum Gasteiger partial charge on any atom is 0.341 e. The summed E-state index contributed by atoms with van der Waals surface area (Å²) in [6.45, 7) is 4.67. The van der Waals surface area contributed by atoms with Gasteiger partial charge in [-0.05, 0) is 19.4 Å². The van der Waals surface area contributed by atoms with Gasteiger partial charge in [0.05, 0.1) is 25.0 Å². The molecule has 7 heteroatoms. The maximum atomic E-state index is 11.9. The molecule has 0 aliphatic carbocycles. The number of nitrogens with zero attached hydrogens (tertiary/aromatic N) is 2. The SMILES string of the molecule is CCCNC(=O)CN(C)c1ncc(N)cc1C(=O)OCC. The molecule has 7 nitrogen and oxygen atoms in total. The highest BCUT2D eigenvalue weighted by atomic mass is 16.5. The van der Waals surface area contributed by atoms with Crippen LogP contribution in [0, 0.1) is 0 Å². The minimum atomic E-state index is -0.506. The van der Waals surface area contributed by atoms with Crippen molar-refractivity contribution in [3.63, 3.8) is 0 Å². The molecular formula is C14H22N4O3. The summed E-state index contributed by atoms with van der Waals surface area (Å²) >= 11 is 0. The molecule has 0 spiro atoms. The fourth-order valence-electron chi connectivity index (χ4n) is 1.75. The van der Waals surface area contributed by atoms with Crippen LogP contribution in [-0.4, -0.2) is 43.6 Å². The third-order valence-electron chi connectivity index (χ3n) is 2.70. The minimum absolute atomic E-state index is 0.101. The second-order valence-corrected chi connectivity index (χ2v) is 4.57. The van der Waals surface area contributed by atoms with Crippen molar-refractivity contribution in [2.45, 2.75) is 20.3 Å². The Hall–Kier alpha value is -2.31. The Balaban J connectivity index is 2.90. The van der Waals surface area contributed by atoms with E-state index in [0.29, 0.717) is 18.1 Å². The molecule has 3 N–H and O–H groups in total. The number of likely N-dealkylation sites (N-methyl/N-ethyl adjacent to an activating group) is 1. The number of anilines is 2. The smallest absolute Gasteiger partial charge is 0.341 e. The summed E-state index contributed by atoms with van der Waals surface area (Å²) in [5.41, 5.74) is 6.28. The first-order valence-corrected chi connectivity index (χ1v) is 6.90. The van der Waals surface area contributed by atoms with Gasteiger partial charge in [0.25, 0.3) is 0 Å². The van der Waals surface area contributed by atoms with E-state index in [9.17, 15) is 9.59 Å². The van der Waals surface area contributed by atoms with E-state index in [2.05, 4.69) is 10.3 Å². The van der Waals surface area contributed by atoms with E-state index < -0.39 is 5.97 Å². The van der Waals surface area contributed by atoms with Crippen LogP contribution in [0.1, 0.15) is 30.6 Å². The van der Waals surface area contributed by atoms with E-state index in [1.54, 1.807) is 18.9 Å². The average molecular weight is 294 g/mol. The van der Waals surface area contributed by atoms with E-state index in [4.69, 9.17) is 10.5 Å². The number of carbonyl (C=O) groups excluding carboxylic acids is 2. The summed E-state index contributed by atoms with van der Waals surface area (Å²) < 4.78 is 4.98. The lowest BCUT2D eigenvalue weighted by Crippen LogP contribution is -2.36. The lowest BCUT2D eigenvalue weighted by atomic mass is 10.2. The van der Waals surface area contributed by atoms with Gasteiger partial charge in [-0.1, -0.05) is 6.92 Å². The second-order valence-electron chi connectivity index (χ2n) is 4.57. The molecule has 1 aromatic heterocycles. The number of aromatic nitrogens is 1. The molecule has 1 aromatic rings. The van der Waals surface area contributed by atoms with Crippen LogP contribution in [0.25, 0.3) is 0 Å². The van der Waals surface area contributed by atoms with Crippen LogP contribution in [0.4, 0.5) is 11.5 Å². The van der Waals surface area contributed by atoms with Gasteiger partial charge >= 0.3 is 5.97 Å². The number of nitrogens with two attached hydrogens (primary N) is 1. The third kappa shape index (κ3) is 4.94. The molecule has 0 bridgehead atoms. The highest BCUT2D eigenvalue weighted by molar-refractivity contribution is 5.96. The zero-order valence-electron chi connectivity index (χ0n) is 12.7. The van der Waals surface area contributed by atoms with Crippen molar-refractivity contribution in [3.8, 4) is 0 Å². The number of amides is 1. The van der Waals surface area contributed by atoms with Gasteiger partial charge in [0.1, 0.15) is 11.4 Å². The average Bonchev–Trinajstić information content (AvgIpc) is 2.45. The Bertz CT molecular complexity index is 505. The lowest BCUT2D eigenvalue weighted by Gasteiger charge is -2.20. The van der Waals surface area contributed by atoms with Crippen molar-refractivity contribution in [1.29, 1.82) is 0 Å². The van der Waals surface area contributed by atoms with Gasteiger partial charge in [0, 0.05) is 13.6 Å². The van der Waals surface area contributed by atoms with E-state index in [0.717, 1.165) is 6.42 Å². The molecule has 0 aliphatic rings. The van der Waals surface area contributed by atoms with Gasteiger partial charge in [-0.2, -0.15) is 0 Å². The molecule has 0 aromatic carbocycles. The third-order valence-corrected chi connectivity index (χ3v) is 2.70. The molecule has 0 saturated heterocycles. The Labute approximate surface area is 124 Å². The normalized spacial score (nSPS) is 10.0. The molecular weight excluding hydrogens is 272 g/mol. The summed E-state index contributed by atoms with van der Waals surface area (Å²) in [6, 6.07) is 1.50. The van der Waals surface area contributed by atoms with Crippen LogP contribution < -0.4 is 16.0 Å². The van der Waals surface area contributed by atoms with Crippen molar-refractivity contribution in [2.75, 3.05) is 37.4 Å². The number of esters is 1. The number of nitrogen functional groups attached to an aromatic ring is 1. The second kappa shape index (κ2) is 8.08. The Morgan fingerprint density at radius 1 is 1.43 bits per heavy atom. The summed E-state index contributed by atoms with van der Waals surface area (Å²) in [5, 5.41) is 2.77. The summed E-state index contributed by atoms with van der Waals surface area (Å²) in [5.74, 6) is -0.268. The molecule has 0 radical (unpaired) electrons. The minimum Gasteiger partial charge on any atom is -0.462 e. The molecule has 116 valence electrons. The lowest BCUT2D eigenvalue weighted by molar-refractivity contribution is -0.119. The fourth-order valence-corrected chi connectivity index (χ4v) is 1.75. The number of nitrogens with one attached hydrogen (secondary N) is 1.